The number of anilines is 1. The minimum Gasteiger partial charge on any atom is -0.493 e. The molecule has 10 heteroatoms. The summed E-state index contributed by atoms with van der Waals surface area (Å²) in [5, 5.41) is 3.78. The van der Waals surface area contributed by atoms with Crippen LogP contribution in [0.1, 0.15) is 32.7 Å². The highest BCUT2D eigenvalue weighted by Gasteiger charge is 2.39. The number of hydrogen-bond donors (Lipinski definition) is 1. The number of nitrogens with one attached hydrogen (secondary N) is 1. The SMILES string of the molecule is COc1ccc(C(=O)COC(=O)c2ccc(N3C(=O)CC(NCCc4cccc(Cl)c4)C3=O)cc2)cc1OC. The van der Waals surface area contributed by atoms with Gasteiger partial charge in [0.25, 0.3) is 5.91 Å². The number of carbonyl (C=O) groups excluding carboxylic acids is 4. The fourth-order valence-electron chi connectivity index (χ4n) is 4.20. The molecule has 0 bridgehead atoms. The van der Waals surface area contributed by atoms with Crippen molar-refractivity contribution in [2.75, 3.05) is 32.3 Å². The second-order valence-electron chi connectivity index (χ2n) is 8.77. The molecule has 1 fully saturated rings. The molecular formula is C29H27ClN2O7. The van der Waals surface area contributed by atoms with Crippen molar-refractivity contribution < 1.29 is 33.4 Å². The standard InChI is InChI=1S/C29H27ClN2O7/c1-37-25-11-8-20(15-26(25)38-2)24(33)17-39-29(36)19-6-9-22(10-7-19)32-27(34)16-23(28(32)35)31-13-12-18-4-3-5-21(30)14-18/h3-11,14-15,23,31H,12-13,16-17H2,1-2H3. The number of halogens is 1. The summed E-state index contributed by atoms with van der Waals surface area (Å²) < 4.78 is 15.5. The van der Waals surface area contributed by atoms with Crippen LogP contribution in [0.15, 0.2) is 66.7 Å². The van der Waals surface area contributed by atoms with Gasteiger partial charge in [-0.15, -0.1) is 0 Å². The zero-order valence-electron chi connectivity index (χ0n) is 21.4. The predicted molar refractivity (Wildman–Crippen MR) is 145 cm³/mol. The Morgan fingerprint density at radius 2 is 1.67 bits per heavy atom. The van der Waals surface area contributed by atoms with Gasteiger partial charge in [0.2, 0.25) is 5.91 Å². The lowest BCUT2D eigenvalue weighted by atomic mass is 10.1. The molecule has 1 aliphatic heterocycles. The highest BCUT2D eigenvalue weighted by molar-refractivity contribution is 6.30. The lowest BCUT2D eigenvalue weighted by Gasteiger charge is -2.16. The van der Waals surface area contributed by atoms with E-state index in [1.807, 2.05) is 18.2 Å². The van der Waals surface area contributed by atoms with Gasteiger partial charge in [-0.05, 0) is 73.1 Å². The van der Waals surface area contributed by atoms with E-state index >= 15 is 0 Å². The molecule has 3 aromatic rings. The summed E-state index contributed by atoms with van der Waals surface area (Å²) in [4.78, 5) is 51.6. The van der Waals surface area contributed by atoms with E-state index in [2.05, 4.69) is 5.32 Å². The molecule has 0 radical (unpaired) electrons. The van der Waals surface area contributed by atoms with Crippen LogP contribution in [0.3, 0.4) is 0 Å². The first-order valence-corrected chi connectivity index (χ1v) is 12.6. The number of methoxy groups -OCH3 is 2. The van der Waals surface area contributed by atoms with Gasteiger partial charge in [0.05, 0.1) is 37.9 Å². The first kappa shape index (κ1) is 27.8. The number of benzene rings is 3. The lowest BCUT2D eigenvalue weighted by Crippen LogP contribution is -2.39. The maximum Gasteiger partial charge on any atom is 0.338 e. The number of rotatable bonds is 11. The van der Waals surface area contributed by atoms with Crippen LogP contribution in [0.25, 0.3) is 0 Å². The number of ether oxygens (including phenoxy) is 3. The van der Waals surface area contributed by atoms with Gasteiger partial charge in [-0.2, -0.15) is 0 Å². The number of hydrogen-bond acceptors (Lipinski definition) is 8. The summed E-state index contributed by atoms with van der Waals surface area (Å²) in [6, 6.07) is 17.3. The number of nitrogens with zero attached hydrogens (tertiary/aromatic N) is 1. The van der Waals surface area contributed by atoms with E-state index in [0.29, 0.717) is 40.7 Å². The maximum atomic E-state index is 12.9. The van der Waals surface area contributed by atoms with Crippen molar-refractivity contribution in [3.05, 3.63) is 88.4 Å². The fourth-order valence-corrected chi connectivity index (χ4v) is 4.41. The van der Waals surface area contributed by atoms with Crippen LogP contribution in [0, 0.1) is 0 Å². The van der Waals surface area contributed by atoms with Crippen molar-refractivity contribution in [1.29, 1.82) is 0 Å². The molecule has 0 aromatic heterocycles. The largest absolute Gasteiger partial charge is 0.493 e. The monoisotopic (exact) mass is 550 g/mol. The second kappa shape index (κ2) is 12.6. The normalized spacial score (nSPS) is 14.8. The molecular weight excluding hydrogens is 524 g/mol. The van der Waals surface area contributed by atoms with Crippen LogP contribution in [0.5, 0.6) is 11.5 Å². The highest BCUT2D eigenvalue weighted by atomic mass is 35.5. The summed E-state index contributed by atoms with van der Waals surface area (Å²) in [5.41, 5.74) is 1.85. The van der Waals surface area contributed by atoms with E-state index < -0.39 is 24.4 Å². The summed E-state index contributed by atoms with van der Waals surface area (Å²) in [6.07, 6.45) is 0.695. The molecule has 0 spiro atoms. The Morgan fingerprint density at radius 3 is 2.36 bits per heavy atom. The van der Waals surface area contributed by atoms with Crippen LogP contribution < -0.4 is 19.7 Å². The molecule has 0 aliphatic carbocycles. The maximum absolute atomic E-state index is 12.9. The van der Waals surface area contributed by atoms with Crippen molar-refractivity contribution in [3.8, 4) is 11.5 Å². The summed E-state index contributed by atoms with van der Waals surface area (Å²) >= 11 is 6.01. The molecule has 9 nitrogen and oxygen atoms in total. The molecule has 1 aliphatic rings. The molecule has 1 heterocycles. The molecule has 3 aromatic carbocycles. The van der Waals surface area contributed by atoms with Gasteiger partial charge in [0.1, 0.15) is 0 Å². The zero-order valence-corrected chi connectivity index (χ0v) is 22.2. The van der Waals surface area contributed by atoms with Crippen LogP contribution in [0.2, 0.25) is 5.02 Å². The molecule has 1 unspecified atom stereocenters. The number of Topliss-reactive ketones (excluding diaryl/α,β-unsaturated/α-hetero) is 1. The smallest absolute Gasteiger partial charge is 0.338 e. The Kier molecular flexibility index (Phi) is 8.96. The number of carbonyl (C=O) groups is 4. The molecule has 2 amide bonds. The van der Waals surface area contributed by atoms with Crippen LogP contribution in [-0.2, 0) is 20.7 Å². The van der Waals surface area contributed by atoms with Crippen molar-refractivity contribution in [1.82, 2.24) is 5.32 Å². The minimum absolute atomic E-state index is 0.0381. The molecule has 0 saturated carbocycles. The van der Waals surface area contributed by atoms with E-state index in [1.165, 1.54) is 44.6 Å². The second-order valence-corrected chi connectivity index (χ2v) is 9.21. The molecule has 4 rings (SSSR count). The van der Waals surface area contributed by atoms with Gasteiger partial charge in [0, 0.05) is 10.6 Å². The van der Waals surface area contributed by atoms with E-state index in [9.17, 15) is 19.2 Å². The number of imide groups is 1. The average Bonchev–Trinajstić information content (AvgIpc) is 3.23. The van der Waals surface area contributed by atoms with E-state index in [4.69, 9.17) is 25.8 Å². The minimum atomic E-state index is -0.713. The predicted octanol–water partition coefficient (Wildman–Crippen LogP) is 3.86. The Labute approximate surface area is 230 Å². The number of esters is 1. The van der Waals surface area contributed by atoms with Crippen LogP contribution in [-0.4, -0.2) is 57.0 Å². The van der Waals surface area contributed by atoms with Gasteiger partial charge in [-0.3, -0.25) is 14.4 Å². The molecule has 1 N–H and O–H groups in total. The van der Waals surface area contributed by atoms with Gasteiger partial charge in [0.15, 0.2) is 23.9 Å². The van der Waals surface area contributed by atoms with Gasteiger partial charge in [-0.1, -0.05) is 23.7 Å². The first-order chi connectivity index (χ1) is 18.8. The lowest BCUT2D eigenvalue weighted by molar-refractivity contribution is -0.121. The van der Waals surface area contributed by atoms with E-state index in [0.717, 1.165) is 10.5 Å². The third-order valence-electron chi connectivity index (χ3n) is 6.24. The van der Waals surface area contributed by atoms with Crippen molar-refractivity contribution >= 4 is 40.9 Å². The van der Waals surface area contributed by atoms with Crippen molar-refractivity contribution in [3.63, 3.8) is 0 Å². The van der Waals surface area contributed by atoms with Crippen molar-refractivity contribution in [2.24, 2.45) is 0 Å². The first-order valence-electron chi connectivity index (χ1n) is 12.2. The highest BCUT2D eigenvalue weighted by Crippen LogP contribution is 2.28. The Bertz CT molecular complexity index is 1390. The van der Waals surface area contributed by atoms with Crippen LogP contribution >= 0.6 is 11.6 Å². The number of ketones is 1. The van der Waals surface area contributed by atoms with E-state index in [-0.39, 0.29) is 23.8 Å². The van der Waals surface area contributed by atoms with Gasteiger partial charge >= 0.3 is 5.97 Å². The van der Waals surface area contributed by atoms with Gasteiger partial charge < -0.3 is 19.5 Å². The molecule has 1 saturated heterocycles. The quantitative estimate of drug-likeness (QED) is 0.218. The molecule has 1 atom stereocenters. The topological polar surface area (TPSA) is 111 Å². The summed E-state index contributed by atoms with van der Waals surface area (Å²) in [6.45, 7) is 0.0341. The Balaban J connectivity index is 1.31. The van der Waals surface area contributed by atoms with E-state index in [1.54, 1.807) is 18.2 Å². The Hall–Kier alpha value is -4.21. The average molecular weight is 551 g/mol. The third kappa shape index (κ3) is 6.63. The summed E-state index contributed by atoms with van der Waals surface area (Å²) in [5.74, 6) is -0.966. The molecule has 202 valence electrons. The molecule has 39 heavy (non-hydrogen) atoms. The van der Waals surface area contributed by atoms with Crippen molar-refractivity contribution in [2.45, 2.75) is 18.9 Å². The van der Waals surface area contributed by atoms with Crippen LogP contribution in [0.4, 0.5) is 5.69 Å². The fraction of sp³-hybridized carbons (Fsp3) is 0.241. The third-order valence-corrected chi connectivity index (χ3v) is 6.48. The Morgan fingerprint density at radius 1 is 0.949 bits per heavy atom. The zero-order chi connectivity index (χ0) is 27.9. The number of amides is 2. The summed E-state index contributed by atoms with van der Waals surface area (Å²) in [7, 11) is 2.94. The van der Waals surface area contributed by atoms with Gasteiger partial charge in [-0.25, -0.2) is 9.69 Å².